The van der Waals surface area contributed by atoms with Crippen LogP contribution in [0.15, 0.2) is 36.5 Å². The Labute approximate surface area is 121 Å². The Morgan fingerprint density at radius 1 is 1.43 bits per heavy atom. The zero-order chi connectivity index (χ0) is 15.2. The van der Waals surface area contributed by atoms with Crippen molar-refractivity contribution < 1.29 is 14.7 Å². The second kappa shape index (κ2) is 6.51. The molecule has 1 amide bonds. The topological polar surface area (TPSA) is 95.1 Å². The van der Waals surface area contributed by atoms with Gasteiger partial charge in [0.2, 0.25) is 0 Å². The zero-order valence-corrected chi connectivity index (χ0v) is 11.5. The number of aliphatic carboxylic acids is 1. The Balaban J connectivity index is 2.00. The molecule has 0 atom stereocenters. The molecule has 2 rings (SSSR count). The van der Waals surface area contributed by atoms with Crippen LogP contribution in [-0.4, -0.2) is 27.2 Å². The number of H-pyrrole nitrogens is 1. The van der Waals surface area contributed by atoms with Crippen molar-refractivity contribution in [2.24, 2.45) is 0 Å². The summed E-state index contributed by atoms with van der Waals surface area (Å²) in [7, 11) is 0. The smallest absolute Gasteiger partial charge is 0.328 e. The largest absolute Gasteiger partial charge is 0.478 e. The second-order valence-electron chi connectivity index (χ2n) is 4.51. The minimum absolute atomic E-state index is 0.201. The monoisotopic (exact) mass is 285 g/mol. The maximum Gasteiger partial charge on any atom is 0.328 e. The molecule has 0 fully saturated rings. The van der Waals surface area contributed by atoms with E-state index < -0.39 is 5.97 Å². The summed E-state index contributed by atoms with van der Waals surface area (Å²) in [4.78, 5) is 22.4. The lowest BCUT2D eigenvalue weighted by molar-refractivity contribution is -0.131. The van der Waals surface area contributed by atoms with Gasteiger partial charge in [0.1, 0.15) is 0 Å². The molecule has 0 spiro atoms. The van der Waals surface area contributed by atoms with Gasteiger partial charge in [0, 0.05) is 18.3 Å². The van der Waals surface area contributed by atoms with Gasteiger partial charge in [0.25, 0.3) is 5.91 Å². The van der Waals surface area contributed by atoms with Crippen LogP contribution in [0.5, 0.6) is 0 Å². The quantitative estimate of drug-likeness (QED) is 0.729. The number of hydrogen-bond donors (Lipinski definition) is 3. The normalized spacial score (nSPS) is 10.7. The van der Waals surface area contributed by atoms with Crippen LogP contribution < -0.4 is 5.32 Å². The van der Waals surface area contributed by atoms with Crippen molar-refractivity contribution in [1.29, 1.82) is 0 Å². The number of aromatic nitrogens is 2. The molecule has 1 aromatic carbocycles. The van der Waals surface area contributed by atoms with E-state index in [4.69, 9.17) is 5.11 Å². The van der Waals surface area contributed by atoms with Crippen molar-refractivity contribution in [3.8, 4) is 0 Å². The third-order valence-electron chi connectivity index (χ3n) is 2.90. The van der Waals surface area contributed by atoms with E-state index in [-0.39, 0.29) is 5.91 Å². The maximum absolute atomic E-state index is 11.9. The minimum Gasteiger partial charge on any atom is -0.478 e. The molecule has 6 heteroatoms. The first-order valence-electron chi connectivity index (χ1n) is 6.34. The van der Waals surface area contributed by atoms with Crippen molar-refractivity contribution in [3.05, 3.63) is 58.9 Å². The Kier molecular flexibility index (Phi) is 4.50. The number of nitrogens with zero attached hydrogens (tertiary/aromatic N) is 1. The average Bonchev–Trinajstić information content (AvgIpc) is 2.89. The van der Waals surface area contributed by atoms with Crippen LogP contribution in [0.4, 0.5) is 0 Å². The summed E-state index contributed by atoms with van der Waals surface area (Å²) < 4.78 is 0. The third kappa shape index (κ3) is 4.04. The van der Waals surface area contributed by atoms with Crippen molar-refractivity contribution in [2.75, 3.05) is 0 Å². The van der Waals surface area contributed by atoms with E-state index in [9.17, 15) is 9.59 Å². The van der Waals surface area contributed by atoms with E-state index >= 15 is 0 Å². The lowest BCUT2D eigenvalue weighted by atomic mass is 10.1. The molecule has 2 aromatic rings. The van der Waals surface area contributed by atoms with E-state index in [0.717, 1.165) is 17.2 Å². The molecular weight excluding hydrogens is 270 g/mol. The molecule has 1 aromatic heterocycles. The summed E-state index contributed by atoms with van der Waals surface area (Å²) in [5.41, 5.74) is 2.88. The molecule has 6 nitrogen and oxygen atoms in total. The van der Waals surface area contributed by atoms with Gasteiger partial charge in [-0.1, -0.05) is 18.2 Å². The molecule has 0 bridgehead atoms. The number of carboxylic acids is 1. The first kappa shape index (κ1) is 14.5. The van der Waals surface area contributed by atoms with E-state index in [1.54, 1.807) is 13.0 Å². The summed E-state index contributed by atoms with van der Waals surface area (Å²) in [5, 5.41) is 17.9. The molecular formula is C15H15N3O3. The number of hydrogen-bond acceptors (Lipinski definition) is 3. The van der Waals surface area contributed by atoms with E-state index in [2.05, 4.69) is 15.5 Å². The summed E-state index contributed by atoms with van der Waals surface area (Å²) in [6, 6.07) is 7.29. The number of amides is 1. The number of carboxylic acid groups (broad SMARTS) is 1. The number of rotatable bonds is 5. The molecule has 0 unspecified atom stereocenters. The molecule has 1 heterocycles. The highest BCUT2D eigenvalue weighted by Crippen LogP contribution is 2.08. The van der Waals surface area contributed by atoms with Crippen molar-refractivity contribution in [2.45, 2.75) is 13.5 Å². The minimum atomic E-state index is -0.996. The summed E-state index contributed by atoms with van der Waals surface area (Å²) >= 11 is 0. The lowest BCUT2D eigenvalue weighted by Crippen LogP contribution is -2.23. The summed E-state index contributed by atoms with van der Waals surface area (Å²) in [6.07, 6.45) is 4.07. The van der Waals surface area contributed by atoms with Crippen molar-refractivity contribution >= 4 is 18.0 Å². The van der Waals surface area contributed by atoms with E-state index in [0.29, 0.717) is 17.8 Å². The molecule has 0 aliphatic carbocycles. The highest BCUT2D eigenvalue weighted by molar-refractivity contribution is 5.94. The second-order valence-corrected chi connectivity index (χ2v) is 4.51. The highest BCUT2D eigenvalue weighted by atomic mass is 16.4. The number of aryl methyl sites for hydroxylation is 1. The van der Waals surface area contributed by atoms with Gasteiger partial charge in [-0.05, 0) is 30.2 Å². The van der Waals surface area contributed by atoms with Gasteiger partial charge in [-0.3, -0.25) is 9.89 Å². The van der Waals surface area contributed by atoms with E-state index in [1.807, 2.05) is 18.2 Å². The maximum atomic E-state index is 11.9. The van der Waals surface area contributed by atoms with Crippen molar-refractivity contribution in [1.82, 2.24) is 15.5 Å². The van der Waals surface area contributed by atoms with Crippen LogP contribution in [0.1, 0.15) is 27.2 Å². The van der Waals surface area contributed by atoms with Crippen LogP contribution in [0.2, 0.25) is 0 Å². The van der Waals surface area contributed by atoms with Gasteiger partial charge in [0.05, 0.1) is 11.8 Å². The first-order valence-corrected chi connectivity index (χ1v) is 6.34. The van der Waals surface area contributed by atoms with Gasteiger partial charge in [-0.2, -0.15) is 5.10 Å². The third-order valence-corrected chi connectivity index (χ3v) is 2.90. The molecule has 0 saturated heterocycles. The Morgan fingerprint density at radius 2 is 2.24 bits per heavy atom. The van der Waals surface area contributed by atoms with E-state index in [1.165, 1.54) is 12.3 Å². The lowest BCUT2D eigenvalue weighted by Gasteiger charge is -2.05. The van der Waals surface area contributed by atoms with Crippen LogP contribution in [0, 0.1) is 6.92 Å². The Bertz CT molecular complexity index is 689. The summed E-state index contributed by atoms with van der Waals surface area (Å²) in [5.74, 6) is -1.20. The molecule has 21 heavy (non-hydrogen) atoms. The highest BCUT2D eigenvalue weighted by Gasteiger charge is 2.09. The van der Waals surface area contributed by atoms with Gasteiger partial charge in [-0.15, -0.1) is 0 Å². The van der Waals surface area contributed by atoms with Crippen LogP contribution in [0.25, 0.3) is 6.08 Å². The van der Waals surface area contributed by atoms with Gasteiger partial charge < -0.3 is 10.4 Å². The predicted molar refractivity (Wildman–Crippen MR) is 77.6 cm³/mol. The Morgan fingerprint density at radius 3 is 2.90 bits per heavy atom. The zero-order valence-electron chi connectivity index (χ0n) is 11.5. The number of aromatic amines is 1. The van der Waals surface area contributed by atoms with Gasteiger partial charge in [0.15, 0.2) is 0 Å². The fourth-order valence-corrected chi connectivity index (χ4v) is 1.83. The number of benzene rings is 1. The molecule has 0 radical (unpaired) electrons. The standard InChI is InChI=1S/C15H15N3O3/c1-10-13(9-17-18-10)15(21)16-8-12-4-2-3-11(7-12)5-6-14(19)20/h2-7,9H,8H2,1H3,(H,16,21)(H,17,18)(H,19,20). The Hall–Kier alpha value is -2.89. The molecule has 0 saturated carbocycles. The van der Waals surface area contributed by atoms with Crippen LogP contribution in [-0.2, 0) is 11.3 Å². The fraction of sp³-hybridized carbons (Fsp3) is 0.133. The SMILES string of the molecule is Cc1[nH]ncc1C(=O)NCc1cccc(C=CC(=O)O)c1. The van der Waals surface area contributed by atoms with Crippen LogP contribution in [0.3, 0.4) is 0 Å². The van der Waals surface area contributed by atoms with Crippen molar-refractivity contribution in [3.63, 3.8) is 0 Å². The number of nitrogens with one attached hydrogen (secondary N) is 2. The molecule has 3 N–H and O–H groups in total. The van der Waals surface area contributed by atoms with Crippen LogP contribution >= 0.6 is 0 Å². The van der Waals surface area contributed by atoms with Gasteiger partial charge in [-0.25, -0.2) is 4.79 Å². The number of carbonyl (C=O) groups is 2. The fourth-order valence-electron chi connectivity index (χ4n) is 1.83. The summed E-state index contributed by atoms with van der Waals surface area (Å²) in [6.45, 7) is 2.14. The molecule has 0 aliphatic rings. The van der Waals surface area contributed by atoms with Gasteiger partial charge >= 0.3 is 5.97 Å². The molecule has 0 aliphatic heterocycles. The average molecular weight is 285 g/mol. The number of carbonyl (C=O) groups excluding carboxylic acids is 1. The molecule has 108 valence electrons. The first-order chi connectivity index (χ1) is 10.1. The predicted octanol–water partition coefficient (Wildman–Crippen LogP) is 1.75.